The highest BCUT2D eigenvalue weighted by atomic mass is 32.1. The molecule has 2 N–H and O–H groups in total. The molecule has 102 valence electrons. The lowest BCUT2D eigenvalue weighted by atomic mass is 9.94. The first-order valence-corrected chi connectivity index (χ1v) is 7.44. The Morgan fingerprint density at radius 1 is 1.47 bits per heavy atom. The average Bonchev–Trinajstić information content (AvgIpc) is 2.65. The van der Waals surface area contributed by atoms with Crippen molar-refractivity contribution < 1.29 is 4.79 Å². The number of hydrogen-bond acceptors (Lipinski definition) is 4. The molecule has 2 rings (SSSR count). The Hall–Kier alpha value is -1.38. The maximum atomic E-state index is 12.0. The van der Waals surface area contributed by atoms with Crippen molar-refractivity contribution in [1.29, 1.82) is 5.26 Å². The molecule has 1 aromatic heterocycles. The van der Waals surface area contributed by atoms with Crippen LogP contribution in [-0.4, -0.2) is 19.0 Å². The van der Waals surface area contributed by atoms with Crippen molar-refractivity contribution >= 4 is 22.2 Å². The van der Waals surface area contributed by atoms with E-state index in [4.69, 9.17) is 5.26 Å². The van der Waals surface area contributed by atoms with Crippen molar-refractivity contribution in [2.24, 2.45) is 5.92 Å². The Bertz CT molecular complexity index is 509. The lowest BCUT2D eigenvalue weighted by Gasteiger charge is -2.21. The van der Waals surface area contributed by atoms with E-state index in [0.29, 0.717) is 22.9 Å². The molecule has 2 heterocycles. The number of carbonyl (C=O) groups excluding carboxylic acids is 1. The molecule has 0 aromatic carbocycles. The fourth-order valence-electron chi connectivity index (χ4n) is 2.38. The van der Waals surface area contributed by atoms with Gasteiger partial charge in [-0.25, -0.2) is 0 Å². The van der Waals surface area contributed by atoms with Gasteiger partial charge in [-0.3, -0.25) is 4.79 Å². The molecule has 1 saturated heterocycles. The minimum absolute atomic E-state index is 0.0321. The zero-order valence-electron chi connectivity index (χ0n) is 11.4. The lowest BCUT2D eigenvalue weighted by Crippen LogP contribution is -2.30. The molecule has 0 radical (unpaired) electrons. The van der Waals surface area contributed by atoms with Crippen LogP contribution in [0, 0.1) is 31.1 Å². The first kappa shape index (κ1) is 14.0. The van der Waals surface area contributed by atoms with E-state index in [1.165, 1.54) is 11.3 Å². The van der Waals surface area contributed by atoms with Crippen LogP contribution in [0.5, 0.6) is 0 Å². The number of aryl methyl sites for hydroxylation is 1. The second-order valence-electron chi connectivity index (χ2n) is 5.04. The molecule has 0 bridgehead atoms. The predicted octanol–water partition coefficient (Wildman–Crippen LogP) is 2.56. The van der Waals surface area contributed by atoms with Crippen LogP contribution in [-0.2, 0) is 4.79 Å². The summed E-state index contributed by atoms with van der Waals surface area (Å²) in [5.41, 5.74) is 1.59. The Balaban J connectivity index is 1.99. The van der Waals surface area contributed by atoms with E-state index in [1.807, 2.05) is 13.8 Å². The number of nitriles is 1. The summed E-state index contributed by atoms with van der Waals surface area (Å²) in [6.07, 6.45) is 2.67. The molecule has 5 heteroatoms. The van der Waals surface area contributed by atoms with Gasteiger partial charge in [0.1, 0.15) is 11.1 Å². The molecule has 1 amide bonds. The summed E-state index contributed by atoms with van der Waals surface area (Å²) in [6.45, 7) is 5.90. The number of hydrogen-bond donors (Lipinski definition) is 2. The fourth-order valence-corrected chi connectivity index (χ4v) is 3.40. The van der Waals surface area contributed by atoms with E-state index in [-0.39, 0.29) is 5.91 Å². The third-order valence-corrected chi connectivity index (χ3v) is 4.81. The maximum absolute atomic E-state index is 12.0. The molecular weight excluding hydrogens is 258 g/mol. The Kier molecular flexibility index (Phi) is 4.56. The summed E-state index contributed by atoms with van der Waals surface area (Å²) in [4.78, 5) is 13.1. The van der Waals surface area contributed by atoms with E-state index in [9.17, 15) is 4.79 Å². The molecule has 0 unspecified atom stereocenters. The van der Waals surface area contributed by atoms with Crippen LogP contribution in [0.2, 0.25) is 0 Å². The molecular formula is C14H19N3OS. The van der Waals surface area contributed by atoms with E-state index in [0.717, 1.165) is 36.4 Å². The number of carbonyl (C=O) groups is 1. The molecule has 0 spiro atoms. The van der Waals surface area contributed by atoms with Crippen molar-refractivity contribution in [3.05, 3.63) is 16.0 Å². The maximum Gasteiger partial charge on any atom is 0.225 e. The first-order valence-electron chi connectivity index (χ1n) is 6.62. The molecule has 1 aliphatic rings. The fraction of sp³-hybridized carbons (Fsp3) is 0.571. The van der Waals surface area contributed by atoms with Crippen molar-refractivity contribution in [3.8, 4) is 6.07 Å². The Morgan fingerprint density at radius 3 is 2.79 bits per heavy atom. The Labute approximate surface area is 117 Å². The van der Waals surface area contributed by atoms with Crippen LogP contribution in [0.15, 0.2) is 0 Å². The molecule has 0 saturated carbocycles. The highest BCUT2D eigenvalue weighted by Crippen LogP contribution is 2.32. The summed E-state index contributed by atoms with van der Waals surface area (Å²) < 4.78 is 0. The van der Waals surface area contributed by atoms with E-state index >= 15 is 0 Å². The van der Waals surface area contributed by atoms with Gasteiger partial charge in [0.25, 0.3) is 0 Å². The summed E-state index contributed by atoms with van der Waals surface area (Å²) in [5.74, 6) is 0.499. The van der Waals surface area contributed by atoms with E-state index in [2.05, 4.69) is 16.7 Å². The monoisotopic (exact) mass is 277 g/mol. The molecule has 0 aliphatic carbocycles. The lowest BCUT2D eigenvalue weighted by molar-refractivity contribution is -0.117. The van der Waals surface area contributed by atoms with Crippen LogP contribution in [0.1, 0.15) is 35.3 Å². The van der Waals surface area contributed by atoms with Gasteiger partial charge in [-0.1, -0.05) is 0 Å². The quantitative estimate of drug-likeness (QED) is 0.892. The normalized spacial score (nSPS) is 16.1. The predicted molar refractivity (Wildman–Crippen MR) is 77.3 cm³/mol. The summed E-state index contributed by atoms with van der Waals surface area (Å²) in [5, 5.41) is 16.1. The third kappa shape index (κ3) is 3.34. The Morgan fingerprint density at radius 2 is 2.16 bits per heavy atom. The summed E-state index contributed by atoms with van der Waals surface area (Å²) >= 11 is 1.49. The third-order valence-electron chi connectivity index (χ3n) is 3.68. The highest BCUT2D eigenvalue weighted by molar-refractivity contribution is 7.16. The number of nitrogens with one attached hydrogen (secondary N) is 2. The van der Waals surface area contributed by atoms with Gasteiger partial charge in [-0.05, 0) is 51.3 Å². The average molecular weight is 277 g/mol. The number of thiophene rings is 1. The van der Waals surface area contributed by atoms with Gasteiger partial charge in [0.05, 0.1) is 5.56 Å². The molecule has 4 nitrogen and oxygen atoms in total. The topological polar surface area (TPSA) is 64.9 Å². The van der Waals surface area contributed by atoms with Crippen LogP contribution < -0.4 is 10.6 Å². The van der Waals surface area contributed by atoms with Crippen molar-refractivity contribution in [2.45, 2.75) is 33.1 Å². The van der Waals surface area contributed by atoms with Crippen LogP contribution in [0.25, 0.3) is 0 Å². The number of piperidine rings is 1. The van der Waals surface area contributed by atoms with Gasteiger partial charge in [-0.15, -0.1) is 11.3 Å². The van der Waals surface area contributed by atoms with Gasteiger partial charge < -0.3 is 10.6 Å². The van der Waals surface area contributed by atoms with E-state index < -0.39 is 0 Å². The van der Waals surface area contributed by atoms with Crippen LogP contribution in [0.3, 0.4) is 0 Å². The van der Waals surface area contributed by atoms with Gasteiger partial charge in [0.15, 0.2) is 0 Å². The highest BCUT2D eigenvalue weighted by Gasteiger charge is 2.19. The van der Waals surface area contributed by atoms with Crippen molar-refractivity contribution in [2.75, 3.05) is 18.4 Å². The molecule has 1 fully saturated rings. The van der Waals surface area contributed by atoms with Crippen LogP contribution in [0.4, 0.5) is 5.00 Å². The molecule has 0 atom stereocenters. The van der Waals surface area contributed by atoms with Crippen LogP contribution >= 0.6 is 11.3 Å². The summed E-state index contributed by atoms with van der Waals surface area (Å²) in [7, 11) is 0. The minimum atomic E-state index is 0.0321. The van der Waals surface area contributed by atoms with Gasteiger partial charge in [0.2, 0.25) is 5.91 Å². The number of nitrogens with zero attached hydrogens (tertiary/aromatic N) is 1. The zero-order chi connectivity index (χ0) is 13.8. The molecule has 1 aliphatic heterocycles. The van der Waals surface area contributed by atoms with Gasteiger partial charge in [-0.2, -0.15) is 5.26 Å². The number of amides is 1. The smallest absolute Gasteiger partial charge is 0.225 e. The summed E-state index contributed by atoms with van der Waals surface area (Å²) in [6, 6.07) is 2.18. The SMILES string of the molecule is Cc1sc(NC(=O)CC2CCNCC2)c(C#N)c1C. The largest absolute Gasteiger partial charge is 0.317 e. The molecule has 19 heavy (non-hydrogen) atoms. The zero-order valence-corrected chi connectivity index (χ0v) is 12.2. The standard InChI is InChI=1S/C14H19N3OS/c1-9-10(2)19-14(12(9)8-15)17-13(18)7-11-3-5-16-6-4-11/h11,16H,3-7H2,1-2H3,(H,17,18). The van der Waals surface area contributed by atoms with Crippen molar-refractivity contribution in [3.63, 3.8) is 0 Å². The number of anilines is 1. The van der Waals surface area contributed by atoms with Gasteiger partial charge in [0, 0.05) is 11.3 Å². The van der Waals surface area contributed by atoms with Gasteiger partial charge >= 0.3 is 0 Å². The second-order valence-corrected chi connectivity index (χ2v) is 6.27. The molecule has 1 aromatic rings. The van der Waals surface area contributed by atoms with Crippen molar-refractivity contribution in [1.82, 2.24) is 5.32 Å². The minimum Gasteiger partial charge on any atom is -0.317 e. The van der Waals surface area contributed by atoms with E-state index in [1.54, 1.807) is 0 Å². The first-order chi connectivity index (χ1) is 9.11. The second kappa shape index (κ2) is 6.18. The number of rotatable bonds is 3.